The fraction of sp³-hybridized carbons (Fsp3) is 0.708. The fourth-order valence-electron chi connectivity index (χ4n) is 6.07. The lowest BCUT2D eigenvalue weighted by Crippen LogP contribution is -3.16. The zero-order valence-corrected chi connectivity index (χ0v) is 19.1. The number of carbonyl (C=O) groups excluding carboxylic acids is 1. The van der Waals surface area contributed by atoms with Crippen LogP contribution < -0.4 is 19.1 Å². The molecule has 1 aliphatic carbocycles. The van der Waals surface area contributed by atoms with E-state index in [-0.39, 0.29) is 17.9 Å². The summed E-state index contributed by atoms with van der Waals surface area (Å²) in [5, 5.41) is 11.5. The first-order valence-corrected chi connectivity index (χ1v) is 11.7. The molecule has 3 aliphatic rings. The van der Waals surface area contributed by atoms with Crippen molar-refractivity contribution >= 4 is 5.91 Å². The second-order valence-corrected chi connectivity index (χ2v) is 9.32. The molecule has 0 bridgehead atoms. The van der Waals surface area contributed by atoms with Crippen LogP contribution in [0.15, 0.2) is 12.1 Å². The second-order valence-electron chi connectivity index (χ2n) is 9.32. The van der Waals surface area contributed by atoms with Crippen molar-refractivity contribution in [3.8, 4) is 17.2 Å². The van der Waals surface area contributed by atoms with Crippen molar-refractivity contribution in [3.63, 3.8) is 0 Å². The minimum Gasteiger partial charge on any atom is -0.493 e. The molecule has 4 atom stereocenters. The van der Waals surface area contributed by atoms with Crippen molar-refractivity contribution in [2.75, 3.05) is 47.5 Å². The monoisotopic (exact) mass is 433 g/mol. The number of rotatable bonds is 6. The number of nitrogens with zero attached hydrogens (tertiary/aromatic N) is 1. The van der Waals surface area contributed by atoms with Crippen LogP contribution in [0.25, 0.3) is 0 Å². The average Bonchev–Trinajstić information content (AvgIpc) is 3.33. The molecule has 1 unspecified atom stereocenters. The topological polar surface area (TPSA) is 72.7 Å². The van der Waals surface area contributed by atoms with E-state index < -0.39 is 5.60 Å². The summed E-state index contributed by atoms with van der Waals surface area (Å²) in [6.07, 6.45) is 6.93. The highest BCUT2D eigenvalue weighted by Crippen LogP contribution is 2.47. The van der Waals surface area contributed by atoms with Crippen LogP contribution in [0.3, 0.4) is 0 Å². The first kappa shape index (κ1) is 22.2. The summed E-state index contributed by atoms with van der Waals surface area (Å²) in [4.78, 5) is 16.3. The molecule has 0 radical (unpaired) electrons. The first-order valence-electron chi connectivity index (χ1n) is 11.7. The summed E-state index contributed by atoms with van der Waals surface area (Å²) in [7, 11) is 4.85. The van der Waals surface area contributed by atoms with Gasteiger partial charge in [0, 0.05) is 31.0 Å². The molecule has 2 heterocycles. The SMILES string of the molecule is COc1cc([C@@H]2[C@@H]3CCCC[C@@]3(O)CC[NH+]2CC(=O)N2CCCC2)cc(OC)c1OC. The average molecular weight is 434 g/mol. The van der Waals surface area contributed by atoms with E-state index in [2.05, 4.69) is 0 Å². The van der Waals surface area contributed by atoms with E-state index in [1.54, 1.807) is 21.3 Å². The molecular weight excluding hydrogens is 396 g/mol. The van der Waals surface area contributed by atoms with E-state index in [0.717, 1.165) is 70.1 Å². The van der Waals surface area contributed by atoms with Crippen molar-refractivity contribution in [1.29, 1.82) is 0 Å². The Morgan fingerprint density at radius 1 is 1.06 bits per heavy atom. The number of methoxy groups -OCH3 is 3. The van der Waals surface area contributed by atoms with Crippen LogP contribution in [0, 0.1) is 5.92 Å². The van der Waals surface area contributed by atoms with Gasteiger partial charge in [0.15, 0.2) is 18.0 Å². The lowest BCUT2D eigenvalue weighted by atomic mass is 9.66. The van der Waals surface area contributed by atoms with Gasteiger partial charge >= 0.3 is 0 Å². The number of fused-ring (bicyclic) bond motifs is 1. The van der Waals surface area contributed by atoms with Gasteiger partial charge in [-0.25, -0.2) is 0 Å². The van der Waals surface area contributed by atoms with Crippen molar-refractivity contribution < 1.29 is 29.0 Å². The quantitative estimate of drug-likeness (QED) is 0.713. The molecule has 4 rings (SSSR count). The van der Waals surface area contributed by atoms with Crippen LogP contribution in [0.1, 0.15) is 56.6 Å². The van der Waals surface area contributed by atoms with Gasteiger partial charge in [-0.2, -0.15) is 0 Å². The second kappa shape index (κ2) is 9.25. The maximum absolute atomic E-state index is 13.1. The molecule has 7 nitrogen and oxygen atoms in total. The number of amides is 1. The van der Waals surface area contributed by atoms with Crippen molar-refractivity contribution in [1.82, 2.24) is 4.90 Å². The molecule has 31 heavy (non-hydrogen) atoms. The number of aliphatic hydroxyl groups is 1. The van der Waals surface area contributed by atoms with Crippen molar-refractivity contribution in [3.05, 3.63) is 17.7 Å². The van der Waals surface area contributed by atoms with E-state index in [0.29, 0.717) is 23.8 Å². The highest BCUT2D eigenvalue weighted by atomic mass is 16.5. The Morgan fingerprint density at radius 3 is 2.35 bits per heavy atom. The van der Waals surface area contributed by atoms with E-state index >= 15 is 0 Å². The Balaban J connectivity index is 1.72. The summed E-state index contributed by atoms with van der Waals surface area (Å²) >= 11 is 0. The molecule has 7 heteroatoms. The van der Waals surface area contributed by atoms with Gasteiger partial charge in [0.1, 0.15) is 6.04 Å². The molecular formula is C24H37N2O5+. The number of ether oxygens (including phenoxy) is 3. The number of likely N-dealkylation sites (tertiary alicyclic amines) is 2. The van der Waals surface area contributed by atoms with Gasteiger partial charge in [-0.05, 0) is 37.8 Å². The maximum atomic E-state index is 13.1. The molecule has 1 amide bonds. The Morgan fingerprint density at radius 2 is 1.74 bits per heavy atom. The smallest absolute Gasteiger partial charge is 0.277 e. The zero-order chi connectivity index (χ0) is 22.0. The summed E-state index contributed by atoms with van der Waals surface area (Å²) in [5.74, 6) is 2.14. The van der Waals surface area contributed by atoms with Gasteiger partial charge in [0.25, 0.3) is 5.91 Å². The number of hydrogen-bond donors (Lipinski definition) is 2. The van der Waals surface area contributed by atoms with Crippen LogP contribution >= 0.6 is 0 Å². The fourth-order valence-corrected chi connectivity index (χ4v) is 6.07. The lowest BCUT2D eigenvalue weighted by molar-refractivity contribution is -0.938. The van der Waals surface area contributed by atoms with Crippen LogP contribution in [0.4, 0.5) is 0 Å². The van der Waals surface area contributed by atoms with Gasteiger partial charge in [0.05, 0.1) is 33.5 Å². The third kappa shape index (κ3) is 4.22. The summed E-state index contributed by atoms with van der Waals surface area (Å²) in [5.41, 5.74) is 0.382. The van der Waals surface area contributed by atoms with Gasteiger partial charge in [-0.15, -0.1) is 0 Å². The summed E-state index contributed by atoms with van der Waals surface area (Å²) < 4.78 is 16.8. The number of benzene rings is 1. The zero-order valence-electron chi connectivity index (χ0n) is 19.1. The Bertz CT molecular complexity index is 769. The molecule has 172 valence electrons. The number of hydrogen-bond acceptors (Lipinski definition) is 5. The van der Waals surface area contributed by atoms with Crippen LogP contribution in [-0.2, 0) is 4.79 Å². The summed E-state index contributed by atoms with van der Waals surface area (Å²) in [6.45, 7) is 2.99. The Kier molecular flexibility index (Phi) is 6.63. The lowest BCUT2D eigenvalue weighted by Gasteiger charge is -2.50. The summed E-state index contributed by atoms with van der Waals surface area (Å²) in [6, 6.07) is 4.03. The van der Waals surface area contributed by atoms with Crippen molar-refractivity contribution in [2.45, 2.75) is 56.6 Å². The van der Waals surface area contributed by atoms with E-state index in [9.17, 15) is 9.90 Å². The Hall–Kier alpha value is -1.99. The van der Waals surface area contributed by atoms with Crippen LogP contribution in [0.2, 0.25) is 0 Å². The minimum absolute atomic E-state index is 0.0132. The third-order valence-corrected chi connectivity index (χ3v) is 7.67. The predicted molar refractivity (Wildman–Crippen MR) is 117 cm³/mol. The predicted octanol–water partition coefficient (Wildman–Crippen LogP) is 1.59. The molecule has 2 N–H and O–H groups in total. The number of piperidine rings is 1. The number of nitrogens with one attached hydrogen (secondary N) is 1. The van der Waals surface area contributed by atoms with Gasteiger partial charge < -0.3 is 29.1 Å². The van der Waals surface area contributed by atoms with Gasteiger partial charge in [-0.3, -0.25) is 4.79 Å². The van der Waals surface area contributed by atoms with Gasteiger partial charge in [-0.1, -0.05) is 12.8 Å². The molecule has 1 aromatic rings. The number of carbonyl (C=O) groups is 1. The number of quaternary nitrogens is 1. The van der Waals surface area contributed by atoms with Crippen LogP contribution in [-0.4, -0.2) is 69.0 Å². The van der Waals surface area contributed by atoms with Gasteiger partial charge in [0.2, 0.25) is 5.75 Å². The highest BCUT2D eigenvalue weighted by molar-refractivity contribution is 5.77. The molecule has 1 saturated carbocycles. The largest absolute Gasteiger partial charge is 0.493 e. The van der Waals surface area contributed by atoms with E-state index in [4.69, 9.17) is 14.2 Å². The molecule has 2 aliphatic heterocycles. The van der Waals surface area contributed by atoms with Crippen LogP contribution in [0.5, 0.6) is 17.2 Å². The standard InChI is InChI=1S/C24H36N2O5/c1-29-19-14-17(15-20(30-2)23(19)31-3)22-18-8-4-5-9-24(18,28)10-13-26(22)16-21(27)25-11-6-7-12-25/h14-15,18,22,28H,4-13,16H2,1-3H3/p+1/t18-,22+,24+/m0/s1. The highest BCUT2D eigenvalue weighted by Gasteiger charge is 2.52. The molecule has 0 aromatic heterocycles. The third-order valence-electron chi connectivity index (χ3n) is 7.67. The molecule has 0 spiro atoms. The molecule has 2 saturated heterocycles. The normalized spacial score (nSPS) is 30.6. The van der Waals surface area contributed by atoms with E-state index in [1.807, 2.05) is 17.0 Å². The first-order chi connectivity index (χ1) is 15.0. The molecule has 3 fully saturated rings. The Labute approximate surface area is 185 Å². The minimum atomic E-state index is -0.663. The molecule has 1 aromatic carbocycles. The van der Waals surface area contributed by atoms with E-state index in [1.165, 1.54) is 4.90 Å². The van der Waals surface area contributed by atoms with Crippen molar-refractivity contribution in [2.24, 2.45) is 5.92 Å². The maximum Gasteiger partial charge on any atom is 0.277 e.